The van der Waals surface area contributed by atoms with Gasteiger partial charge in [-0.3, -0.25) is 9.59 Å². The quantitative estimate of drug-likeness (QED) is 0.758. The third-order valence-electron chi connectivity index (χ3n) is 2.67. The van der Waals surface area contributed by atoms with Crippen molar-refractivity contribution in [3.63, 3.8) is 0 Å². The van der Waals surface area contributed by atoms with Crippen LogP contribution in [-0.2, 0) is 0 Å². The second-order valence-electron chi connectivity index (χ2n) is 3.77. The average molecular weight is 294 g/mol. The maximum atomic E-state index is 12.2. The molecule has 94 valence electrons. The SMILES string of the molecule is O=C1c2nccnc2C(=O)N1c1c(Cl)cccc1Cl. The molecule has 1 aliphatic rings. The highest BCUT2D eigenvalue weighted by Crippen LogP contribution is 2.37. The molecule has 2 aromatic rings. The highest BCUT2D eigenvalue weighted by atomic mass is 35.5. The number of fused-ring (bicyclic) bond motifs is 1. The first kappa shape index (κ1) is 12.1. The van der Waals surface area contributed by atoms with Crippen molar-refractivity contribution in [2.24, 2.45) is 0 Å². The van der Waals surface area contributed by atoms with Gasteiger partial charge in [0.1, 0.15) is 0 Å². The summed E-state index contributed by atoms with van der Waals surface area (Å²) in [5, 5.41) is 0.420. The lowest BCUT2D eigenvalue weighted by atomic mass is 10.3. The molecule has 7 heteroatoms. The average Bonchev–Trinajstić information content (AvgIpc) is 2.64. The van der Waals surface area contributed by atoms with E-state index in [2.05, 4.69) is 9.97 Å². The molecule has 0 fully saturated rings. The summed E-state index contributed by atoms with van der Waals surface area (Å²) in [5.41, 5.74) is 0.160. The van der Waals surface area contributed by atoms with Crippen molar-refractivity contribution >= 4 is 40.7 Å². The molecule has 2 amide bonds. The Morgan fingerprint density at radius 1 is 0.895 bits per heavy atom. The lowest BCUT2D eigenvalue weighted by Crippen LogP contribution is -2.30. The summed E-state index contributed by atoms with van der Waals surface area (Å²) in [6.45, 7) is 0. The van der Waals surface area contributed by atoms with Crippen LogP contribution in [0.1, 0.15) is 21.0 Å². The fourth-order valence-electron chi connectivity index (χ4n) is 1.86. The Bertz CT molecular complexity index is 663. The van der Waals surface area contributed by atoms with Crippen molar-refractivity contribution in [2.45, 2.75) is 0 Å². The third kappa shape index (κ3) is 1.70. The summed E-state index contributed by atoms with van der Waals surface area (Å²) in [5.74, 6) is -1.16. The van der Waals surface area contributed by atoms with Gasteiger partial charge in [-0.25, -0.2) is 14.9 Å². The molecule has 1 aromatic carbocycles. The zero-order valence-electron chi connectivity index (χ0n) is 9.30. The number of nitrogens with zero attached hydrogens (tertiary/aromatic N) is 3. The number of imide groups is 1. The second kappa shape index (κ2) is 4.29. The predicted octanol–water partition coefficient (Wildman–Crippen LogP) is 2.58. The summed E-state index contributed by atoms with van der Waals surface area (Å²) >= 11 is 12.0. The lowest BCUT2D eigenvalue weighted by Gasteiger charge is -2.16. The standard InChI is InChI=1S/C12H5Cl2N3O2/c13-6-2-1-3-7(14)10(6)17-11(18)8-9(12(17)19)16-5-4-15-8/h1-5H. The second-order valence-corrected chi connectivity index (χ2v) is 4.58. The molecule has 5 nitrogen and oxygen atoms in total. The highest BCUT2D eigenvalue weighted by Gasteiger charge is 2.40. The van der Waals surface area contributed by atoms with Crippen LogP contribution >= 0.6 is 23.2 Å². The molecule has 19 heavy (non-hydrogen) atoms. The molecule has 0 bridgehead atoms. The van der Waals surface area contributed by atoms with Gasteiger partial charge in [-0.1, -0.05) is 29.3 Å². The van der Waals surface area contributed by atoms with Crippen LogP contribution in [0.5, 0.6) is 0 Å². The first-order valence-corrected chi connectivity index (χ1v) is 6.00. The van der Waals surface area contributed by atoms with E-state index in [9.17, 15) is 9.59 Å². The Balaban J connectivity index is 2.20. The number of para-hydroxylation sites is 1. The largest absolute Gasteiger partial charge is 0.286 e. The molecule has 0 aliphatic carbocycles. The summed E-state index contributed by atoms with van der Waals surface area (Å²) in [6, 6.07) is 4.73. The van der Waals surface area contributed by atoms with Gasteiger partial charge in [-0.05, 0) is 12.1 Å². The fourth-order valence-corrected chi connectivity index (χ4v) is 2.43. The molecule has 0 N–H and O–H groups in total. The molecule has 0 saturated carbocycles. The smallest absolute Gasteiger partial charge is 0.266 e. The monoisotopic (exact) mass is 293 g/mol. The highest BCUT2D eigenvalue weighted by molar-refractivity contribution is 6.44. The number of anilines is 1. The minimum atomic E-state index is -0.580. The normalized spacial score (nSPS) is 13.9. The van der Waals surface area contributed by atoms with Gasteiger partial charge in [-0.2, -0.15) is 0 Å². The first-order valence-electron chi connectivity index (χ1n) is 5.25. The molecule has 3 rings (SSSR count). The zero-order valence-corrected chi connectivity index (χ0v) is 10.8. The summed E-state index contributed by atoms with van der Waals surface area (Å²) < 4.78 is 0. The van der Waals surface area contributed by atoms with Crippen LogP contribution in [0.25, 0.3) is 0 Å². The van der Waals surface area contributed by atoms with Gasteiger partial charge in [0, 0.05) is 12.4 Å². The van der Waals surface area contributed by atoms with Crippen LogP contribution in [-0.4, -0.2) is 21.8 Å². The lowest BCUT2D eigenvalue weighted by molar-refractivity contribution is 0.0923. The maximum absolute atomic E-state index is 12.2. The van der Waals surface area contributed by atoms with Crippen molar-refractivity contribution in [2.75, 3.05) is 4.90 Å². The van der Waals surface area contributed by atoms with E-state index in [1.54, 1.807) is 18.2 Å². The van der Waals surface area contributed by atoms with Crippen molar-refractivity contribution in [3.8, 4) is 0 Å². The van der Waals surface area contributed by atoms with Crippen molar-refractivity contribution in [1.29, 1.82) is 0 Å². The summed E-state index contributed by atoms with van der Waals surface area (Å²) in [6.07, 6.45) is 2.70. The Kier molecular flexibility index (Phi) is 2.73. The Morgan fingerprint density at radius 2 is 1.37 bits per heavy atom. The zero-order chi connectivity index (χ0) is 13.6. The van der Waals surface area contributed by atoms with Crippen LogP contribution < -0.4 is 4.90 Å². The number of amides is 2. The number of carbonyl (C=O) groups is 2. The van der Waals surface area contributed by atoms with E-state index < -0.39 is 11.8 Å². The van der Waals surface area contributed by atoms with Gasteiger partial charge < -0.3 is 0 Å². The Labute approximate surface area is 117 Å². The van der Waals surface area contributed by atoms with E-state index >= 15 is 0 Å². The molecule has 2 heterocycles. The predicted molar refractivity (Wildman–Crippen MR) is 69.6 cm³/mol. The molecular formula is C12H5Cl2N3O2. The van der Waals surface area contributed by atoms with Crippen molar-refractivity contribution < 1.29 is 9.59 Å². The minimum absolute atomic E-state index is 0.00323. The van der Waals surface area contributed by atoms with E-state index in [1.165, 1.54) is 12.4 Å². The minimum Gasteiger partial charge on any atom is -0.266 e. The summed E-state index contributed by atoms with van der Waals surface area (Å²) in [7, 11) is 0. The van der Waals surface area contributed by atoms with Crippen LogP contribution in [0.15, 0.2) is 30.6 Å². The van der Waals surface area contributed by atoms with Crippen LogP contribution in [0.4, 0.5) is 5.69 Å². The van der Waals surface area contributed by atoms with Crippen molar-refractivity contribution in [1.82, 2.24) is 9.97 Å². The number of carbonyl (C=O) groups excluding carboxylic acids is 2. The van der Waals surface area contributed by atoms with E-state index in [-0.39, 0.29) is 27.1 Å². The van der Waals surface area contributed by atoms with E-state index in [0.717, 1.165) is 4.90 Å². The van der Waals surface area contributed by atoms with E-state index in [4.69, 9.17) is 23.2 Å². The molecule has 0 unspecified atom stereocenters. The number of rotatable bonds is 1. The number of hydrogen-bond donors (Lipinski definition) is 0. The Morgan fingerprint density at radius 3 is 1.84 bits per heavy atom. The van der Waals surface area contributed by atoms with E-state index in [1.807, 2.05) is 0 Å². The fraction of sp³-hybridized carbons (Fsp3) is 0. The molecule has 1 aromatic heterocycles. The van der Waals surface area contributed by atoms with Crippen LogP contribution in [0.3, 0.4) is 0 Å². The third-order valence-corrected chi connectivity index (χ3v) is 3.28. The van der Waals surface area contributed by atoms with Crippen molar-refractivity contribution in [3.05, 3.63) is 52.0 Å². The van der Waals surface area contributed by atoms with E-state index in [0.29, 0.717) is 0 Å². The number of hydrogen-bond acceptors (Lipinski definition) is 4. The molecule has 0 spiro atoms. The number of aromatic nitrogens is 2. The van der Waals surface area contributed by atoms with Gasteiger partial charge >= 0.3 is 0 Å². The van der Waals surface area contributed by atoms with Gasteiger partial charge in [0.15, 0.2) is 11.4 Å². The van der Waals surface area contributed by atoms with Gasteiger partial charge in [0.25, 0.3) is 11.8 Å². The van der Waals surface area contributed by atoms with Gasteiger partial charge in [0.05, 0.1) is 15.7 Å². The molecule has 0 atom stereocenters. The first-order chi connectivity index (χ1) is 9.11. The molecule has 0 saturated heterocycles. The summed E-state index contributed by atoms with van der Waals surface area (Å²) in [4.78, 5) is 33.0. The number of halogens is 2. The molecular weight excluding hydrogens is 289 g/mol. The Hall–Kier alpha value is -1.98. The number of benzene rings is 1. The van der Waals surface area contributed by atoms with Crippen LogP contribution in [0.2, 0.25) is 10.0 Å². The molecule has 1 aliphatic heterocycles. The van der Waals surface area contributed by atoms with Crippen LogP contribution in [0, 0.1) is 0 Å². The van der Waals surface area contributed by atoms with Gasteiger partial charge in [-0.15, -0.1) is 0 Å². The maximum Gasteiger partial charge on any atom is 0.286 e. The topological polar surface area (TPSA) is 63.2 Å². The van der Waals surface area contributed by atoms with Gasteiger partial charge in [0.2, 0.25) is 0 Å². The molecule has 0 radical (unpaired) electrons.